The van der Waals surface area contributed by atoms with E-state index in [1.807, 2.05) is 0 Å². The molecule has 0 unspecified atom stereocenters. The standard InChI is InChI=1S/C52H31N/c1-2-11-32(12-3-1)36-18-4-19-37(31-36)53(46-30-28-43-40-22-6-14-33-13-5-21-39(48(33)40)42-24-10-25-44(46)51(42)43)47-29-27-35-17-8-23-41-38-20-7-15-34-16-9-26-45(49(34)38)52(47)50(35)41/h1-31H. The third-order valence-electron chi connectivity index (χ3n) is 11.7. The summed E-state index contributed by atoms with van der Waals surface area (Å²) < 4.78 is 0. The number of anilines is 3. The van der Waals surface area contributed by atoms with E-state index < -0.39 is 0 Å². The van der Waals surface area contributed by atoms with Gasteiger partial charge in [-0.25, -0.2) is 0 Å². The van der Waals surface area contributed by atoms with Gasteiger partial charge in [0.25, 0.3) is 0 Å². The van der Waals surface area contributed by atoms with Crippen LogP contribution < -0.4 is 4.90 Å². The zero-order valence-corrected chi connectivity index (χ0v) is 28.8. The predicted molar refractivity (Wildman–Crippen MR) is 229 cm³/mol. The highest BCUT2D eigenvalue weighted by molar-refractivity contribution is 6.37. The van der Waals surface area contributed by atoms with Crippen LogP contribution in [0.25, 0.3) is 97.3 Å². The molecule has 0 radical (unpaired) electrons. The van der Waals surface area contributed by atoms with Gasteiger partial charge in [-0.3, -0.25) is 0 Å². The predicted octanol–water partition coefficient (Wildman–Crippen LogP) is 14.9. The second-order valence-corrected chi connectivity index (χ2v) is 14.4. The first-order valence-electron chi connectivity index (χ1n) is 18.4. The van der Waals surface area contributed by atoms with Crippen LogP contribution >= 0.6 is 0 Å². The summed E-state index contributed by atoms with van der Waals surface area (Å²) in [5.74, 6) is 0. The molecule has 12 aromatic carbocycles. The first kappa shape index (κ1) is 28.7. The second kappa shape index (κ2) is 10.8. The molecule has 1 nitrogen and oxygen atoms in total. The van der Waals surface area contributed by atoms with Crippen molar-refractivity contribution in [1.29, 1.82) is 0 Å². The van der Waals surface area contributed by atoms with E-state index in [-0.39, 0.29) is 0 Å². The van der Waals surface area contributed by atoms with Gasteiger partial charge in [-0.05, 0) is 111 Å². The van der Waals surface area contributed by atoms with Crippen molar-refractivity contribution in [3.8, 4) is 11.1 Å². The molecule has 0 aliphatic rings. The summed E-state index contributed by atoms with van der Waals surface area (Å²) in [6.07, 6.45) is 0. The van der Waals surface area contributed by atoms with E-state index in [2.05, 4.69) is 193 Å². The monoisotopic (exact) mass is 669 g/mol. The van der Waals surface area contributed by atoms with Crippen LogP contribution in [0.5, 0.6) is 0 Å². The minimum absolute atomic E-state index is 1.13. The zero-order valence-electron chi connectivity index (χ0n) is 28.8. The summed E-state index contributed by atoms with van der Waals surface area (Å²) in [7, 11) is 0. The Balaban J connectivity index is 1.25. The van der Waals surface area contributed by atoms with Crippen LogP contribution in [0.4, 0.5) is 17.1 Å². The molecule has 0 bridgehead atoms. The van der Waals surface area contributed by atoms with Crippen molar-refractivity contribution in [3.05, 3.63) is 188 Å². The number of nitrogens with zero attached hydrogens (tertiary/aromatic N) is 1. The first-order chi connectivity index (χ1) is 26.3. The van der Waals surface area contributed by atoms with Crippen LogP contribution in [-0.2, 0) is 0 Å². The average Bonchev–Trinajstić information content (AvgIpc) is 3.23. The van der Waals surface area contributed by atoms with E-state index in [0.717, 1.165) is 5.69 Å². The third kappa shape index (κ3) is 3.97. The Labute approximate surface area is 306 Å². The van der Waals surface area contributed by atoms with Gasteiger partial charge in [0.1, 0.15) is 0 Å². The van der Waals surface area contributed by atoms with Crippen molar-refractivity contribution in [2.75, 3.05) is 4.90 Å². The second-order valence-electron chi connectivity index (χ2n) is 14.4. The number of hydrogen-bond acceptors (Lipinski definition) is 1. The third-order valence-corrected chi connectivity index (χ3v) is 11.7. The van der Waals surface area contributed by atoms with Crippen LogP contribution in [-0.4, -0.2) is 0 Å². The molecule has 0 saturated heterocycles. The molecular weight excluding hydrogens is 639 g/mol. The molecule has 0 aliphatic carbocycles. The van der Waals surface area contributed by atoms with Crippen LogP contribution in [0.2, 0.25) is 0 Å². The van der Waals surface area contributed by atoms with Crippen LogP contribution in [0.15, 0.2) is 188 Å². The highest BCUT2D eigenvalue weighted by Crippen LogP contribution is 2.51. The Hall–Kier alpha value is -6.96. The molecule has 12 aromatic rings. The van der Waals surface area contributed by atoms with E-state index in [0.29, 0.717) is 0 Å². The molecule has 244 valence electrons. The smallest absolute Gasteiger partial charge is 0.0547 e. The number of benzene rings is 12. The highest BCUT2D eigenvalue weighted by Gasteiger charge is 2.24. The van der Waals surface area contributed by atoms with Crippen molar-refractivity contribution in [2.24, 2.45) is 0 Å². The lowest BCUT2D eigenvalue weighted by Gasteiger charge is -2.30. The summed E-state index contributed by atoms with van der Waals surface area (Å²) in [4.78, 5) is 2.54. The van der Waals surface area contributed by atoms with Crippen LogP contribution in [0.1, 0.15) is 0 Å². The van der Waals surface area contributed by atoms with Gasteiger partial charge in [-0.15, -0.1) is 0 Å². The Morgan fingerprint density at radius 2 is 0.717 bits per heavy atom. The molecule has 0 spiro atoms. The Morgan fingerprint density at radius 3 is 1.40 bits per heavy atom. The van der Waals surface area contributed by atoms with Gasteiger partial charge in [0.15, 0.2) is 0 Å². The molecule has 0 amide bonds. The fourth-order valence-electron chi connectivity index (χ4n) is 9.51. The molecule has 53 heavy (non-hydrogen) atoms. The molecule has 1 heteroatoms. The molecule has 0 atom stereocenters. The average molecular weight is 670 g/mol. The topological polar surface area (TPSA) is 3.24 Å². The molecular formula is C52H31N. The Bertz CT molecular complexity index is 3340. The summed E-state index contributed by atoms with van der Waals surface area (Å²) >= 11 is 0. The van der Waals surface area contributed by atoms with E-state index in [9.17, 15) is 0 Å². The van der Waals surface area contributed by atoms with E-state index in [1.54, 1.807) is 0 Å². The molecule has 0 saturated carbocycles. The molecule has 0 aromatic heterocycles. The van der Waals surface area contributed by atoms with E-state index >= 15 is 0 Å². The fraction of sp³-hybridized carbons (Fsp3) is 0. The van der Waals surface area contributed by atoms with E-state index in [1.165, 1.54) is 109 Å². The molecule has 0 N–H and O–H groups in total. The van der Waals surface area contributed by atoms with Crippen molar-refractivity contribution >= 4 is 103 Å². The summed E-state index contributed by atoms with van der Waals surface area (Å²) in [6.45, 7) is 0. The summed E-state index contributed by atoms with van der Waals surface area (Å²) in [5, 5.41) is 20.7. The molecule has 0 fully saturated rings. The zero-order chi connectivity index (χ0) is 34.6. The summed E-state index contributed by atoms with van der Waals surface area (Å²) in [5.41, 5.74) is 5.87. The van der Waals surface area contributed by atoms with Gasteiger partial charge >= 0.3 is 0 Å². The maximum absolute atomic E-state index is 2.54. The van der Waals surface area contributed by atoms with Gasteiger partial charge < -0.3 is 4.90 Å². The SMILES string of the molecule is c1ccc(-c2cccc(N(c3ccc4c5cccc6cccc(c7cccc3c74)c65)c3ccc4cccc5c6cccc7cccc(c3c45)c76)c2)cc1. The molecule has 0 aliphatic heterocycles. The molecule has 12 rings (SSSR count). The van der Waals surface area contributed by atoms with Gasteiger partial charge in [0.2, 0.25) is 0 Å². The minimum Gasteiger partial charge on any atom is -0.309 e. The van der Waals surface area contributed by atoms with Crippen molar-refractivity contribution in [1.82, 2.24) is 0 Å². The largest absolute Gasteiger partial charge is 0.309 e. The summed E-state index contributed by atoms with van der Waals surface area (Å²) in [6, 6.07) is 69.9. The quantitative estimate of drug-likeness (QED) is 0.133. The number of fused-ring (bicyclic) bond motifs is 4. The Morgan fingerprint density at radius 1 is 0.245 bits per heavy atom. The lowest BCUT2D eigenvalue weighted by Crippen LogP contribution is -2.12. The lowest BCUT2D eigenvalue weighted by molar-refractivity contribution is 1.32. The Kier molecular flexibility index (Phi) is 5.84. The number of rotatable bonds is 4. The van der Waals surface area contributed by atoms with Gasteiger partial charge in [0, 0.05) is 16.5 Å². The number of hydrogen-bond donors (Lipinski definition) is 0. The van der Waals surface area contributed by atoms with Crippen LogP contribution in [0, 0.1) is 0 Å². The molecule has 0 heterocycles. The maximum atomic E-state index is 2.54. The fourth-order valence-corrected chi connectivity index (χ4v) is 9.51. The minimum atomic E-state index is 1.13. The van der Waals surface area contributed by atoms with Crippen molar-refractivity contribution < 1.29 is 0 Å². The van der Waals surface area contributed by atoms with Gasteiger partial charge in [0.05, 0.1) is 11.4 Å². The normalized spacial score (nSPS) is 12.2. The highest BCUT2D eigenvalue weighted by atomic mass is 15.1. The maximum Gasteiger partial charge on any atom is 0.0547 e. The van der Waals surface area contributed by atoms with Crippen molar-refractivity contribution in [3.63, 3.8) is 0 Å². The van der Waals surface area contributed by atoms with Gasteiger partial charge in [-0.1, -0.05) is 164 Å². The van der Waals surface area contributed by atoms with Gasteiger partial charge in [-0.2, -0.15) is 0 Å². The first-order valence-corrected chi connectivity index (χ1v) is 18.4. The lowest BCUT2D eigenvalue weighted by atomic mass is 9.88. The van der Waals surface area contributed by atoms with Crippen LogP contribution in [0.3, 0.4) is 0 Å². The van der Waals surface area contributed by atoms with Crippen molar-refractivity contribution in [2.45, 2.75) is 0 Å². The van der Waals surface area contributed by atoms with E-state index in [4.69, 9.17) is 0 Å².